The Hall–Kier alpha value is -1.20. The van der Waals surface area contributed by atoms with Gasteiger partial charge in [-0.15, -0.1) is 11.3 Å². The van der Waals surface area contributed by atoms with Crippen LogP contribution in [0.15, 0.2) is 16.2 Å². The third kappa shape index (κ3) is 3.04. The third-order valence-electron chi connectivity index (χ3n) is 3.81. The first-order valence-electron chi connectivity index (χ1n) is 7.00. The molecule has 0 aliphatic heterocycles. The molecular weight excluding hydrogens is 258 g/mol. The summed E-state index contributed by atoms with van der Waals surface area (Å²) in [5.74, 6) is 1.54. The Kier molecular flexibility index (Phi) is 3.94. The van der Waals surface area contributed by atoms with E-state index in [1.165, 1.54) is 43.4 Å². The molecule has 102 valence electrons. The van der Waals surface area contributed by atoms with Gasteiger partial charge in [0.1, 0.15) is 10.5 Å². The van der Waals surface area contributed by atoms with Crippen molar-refractivity contribution >= 4 is 21.6 Å². The Morgan fingerprint density at radius 2 is 2.21 bits per heavy atom. The number of aromatic amines is 1. The van der Waals surface area contributed by atoms with Crippen LogP contribution in [0.1, 0.15) is 37.9 Å². The van der Waals surface area contributed by atoms with Crippen LogP contribution in [0.5, 0.6) is 0 Å². The zero-order chi connectivity index (χ0) is 13.1. The Bertz CT molecular complexity index is 598. The molecule has 0 saturated heterocycles. The number of hydrogen-bond acceptors (Lipinski definition) is 4. The highest BCUT2D eigenvalue weighted by molar-refractivity contribution is 7.17. The lowest BCUT2D eigenvalue weighted by atomic mass is 9.89. The summed E-state index contributed by atoms with van der Waals surface area (Å²) >= 11 is 1.44. The van der Waals surface area contributed by atoms with E-state index in [9.17, 15) is 4.79 Å². The van der Waals surface area contributed by atoms with Gasteiger partial charge in [0.05, 0.1) is 12.1 Å². The second-order valence-electron chi connectivity index (χ2n) is 5.28. The number of aromatic nitrogens is 2. The lowest BCUT2D eigenvalue weighted by Gasteiger charge is -2.21. The van der Waals surface area contributed by atoms with Gasteiger partial charge in [0.15, 0.2) is 0 Å². The minimum atomic E-state index is -0.0190. The predicted octanol–water partition coefficient (Wildman–Crippen LogP) is 2.65. The Labute approximate surface area is 116 Å². The molecule has 19 heavy (non-hydrogen) atoms. The molecule has 1 aliphatic carbocycles. The van der Waals surface area contributed by atoms with Gasteiger partial charge in [0.25, 0.3) is 5.56 Å². The van der Waals surface area contributed by atoms with Gasteiger partial charge in [0.2, 0.25) is 0 Å². The summed E-state index contributed by atoms with van der Waals surface area (Å²) in [4.78, 5) is 19.1. The number of hydrogen-bond donors (Lipinski definition) is 2. The summed E-state index contributed by atoms with van der Waals surface area (Å²) in [6.45, 7) is 1.68. The van der Waals surface area contributed by atoms with Gasteiger partial charge in [-0.05, 0) is 36.8 Å². The maximum absolute atomic E-state index is 11.8. The quantitative estimate of drug-likeness (QED) is 0.903. The molecule has 2 aromatic heterocycles. The van der Waals surface area contributed by atoms with Crippen LogP contribution in [0.2, 0.25) is 0 Å². The van der Waals surface area contributed by atoms with Gasteiger partial charge in [-0.25, -0.2) is 4.98 Å². The summed E-state index contributed by atoms with van der Waals surface area (Å²) in [6.07, 6.45) is 6.78. The van der Waals surface area contributed by atoms with E-state index in [0.29, 0.717) is 6.54 Å². The average molecular weight is 277 g/mol. The van der Waals surface area contributed by atoms with Gasteiger partial charge >= 0.3 is 0 Å². The van der Waals surface area contributed by atoms with E-state index < -0.39 is 0 Å². The van der Waals surface area contributed by atoms with E-state index in [4.69, 9.17) is 0 Å². The second-order valence-corrected chi connectivity index (χ2v) is 6.20. The molecule has 2 N–H and O–H groups in total. The van der Waals surface area contributed by atoms with E-state index in [1.54, 1.807) is 0 Å². The number of fused-ring (bicyclic) bond motifs is 1. The van der Waals surface area contributed by atoms with Gasteiger partial charge in [0, 0.05) is 0 Å². The highest BCUT2D eigenvalue weighted by Crippen LogP contribution is 2.22. The standard InChI is InChI=1S/C14H19N3OS/c18-14-13-11(6-7-19-13)16-12(17-14)9-15-8-10-4-2-1-3-5-10/h6-7,10,15H,1-5,8-9H2,(H,16,17,18). The fourth-order valence-corrected chi connectivity index (χ4v) is 3.52. The number of nitrogens with one attached hydrogen (secondary N) is 2. The predicted molar refractivity (Wildman–Crippen MR) is 78.5 cm³/mol. The van der Waals surface area contributed by atoms with Crippen molar-refractivity contribution in [2.75, 3.05) is 6.54 Å². The van der Waals surface area contributed by atoms with E-state index in [0.717, 1.165) is 28.5 Å². The molecule has 0 radical (unpaired) electrons. The second kappa shape index (κ2) is 5.84. The molecular formula is C14H19N3OS. The van der Waals surface area contributed by atoms with E-state index in [2.05, 4.69) is 15.3 Å². The first kappa shape index (κ1) is 12.8. The van der Waals surface area contributed by atoms with E-state index >= 15 is 0 Å². The highest BCUT2D eigenvalue weighted by atomic mass is 32.1. The highest BCUT2D eigenvalue weighted by Gasteiger charge is 2.13. The molecule has 1 saturated carbocycles. The van der Waals surface area contributed by atoms with Crippen LogP contribution in [0.25, 0.3) is 10.2 Å². The van der Waals surface area contributed by atoms with Crippen molar-refractivity contribution in [3.05, 3.63) is 27.6 Å². The smallest absolute Gasteiger partial charge is 0.268 e. The zero-order valence-electron chi connectivity index (χ0n) is 10.9. The van der Waals surface area contributed by atoms with Crippen LogP contribution >= 0.6 is 11.3 Å². The molecule has 5 heteroatoms. The summed E-state index contributed by atoms with van der Waals surface area (Å²) in [6, 6.07) is 1.90. The minimum absolute atomic E-state index is 0.0190. The molecule has 0 aromatic carbocycles. The SMILES string of the molecule is O=c1[nH]c(CNCC2CCCCC2)nc2ccsc12. The summed E-state index contributed by atoms with van der Waals surface area (Å²) in [5.41, 5.74) is 0.790. The Balaban J connectivity index is 1.60. The molecule has 2 aromatic rings. The van der Waals surface area contributed by atoms with E-state index in [1.807, 2.05) is 11.4 Å². The van der Waals surface area contributed by atoms with Crippen LogP contribution in [0, 0.1) is 5.92 Å². The normalized spacial score (nSPS) is 17.1. The molecule has 3 rings (SSSR count). The first-order valence-corrected chi connectivity index (χ1v) is 7.88. The van der Waals surface area contributed by atoms with Crippen molar-refractivity contribution in [3.8, 4) is 0 Å². The van der Waals surface area contributed by atoms with Crippen LogP contribution in [-0.2, 0) is 6.54 Å². The van der Waals surface area contributed by atoms with Gasteiger partial charge < -0.3 is 10.3 Å². The minimum Gasteiger partial charge on any atom is -0.310 e. The van der Waals surface area contributed by atoms with Gasteiger partial charge in [-0.1, -0.05) is 19.3 Å². The average Bonchev–Trinajstić information content (AvgIpc) is 2.89. The monoisotopic (exact) mass is 277 g/mol. The Morgan fingerprint density at radius 1 is 1.37 bits per heavy atom. The van der Waals surface area contributed by atoms with Crippen LogP contribution in [0.3, 0.4) is 0 Å². The van der Waals surface area contributed by atoms with Crippen molar-refractivity contribution in [2.24, 2.45) is 5.92 Å². The Morgan fingerprint density at radius 3 is 3.05 bits per heavy atom. The van der Waals surface area contributed by atoms with E-state index in [-0.39, 0.29) is 5.56 Å². The molecule has 0 unspecified atom stereocenters. The fraction of sp³-hybridized carbons (Fsp3) is 0.571. The zero-order valence-corrected chi connectivity index (χ0v) is 11.8. The topological polar surface area (TPSA) is 57.8 Å². The van der Waals surface area contributed by atoms with Crippen molar-refractivity contribution < 1.29 is 0 Å². The summed E-state index contributed by atoms with van der Waals surface area (Å²) in [5, 5.41) is 5.34. The number of rotatable bonds is 4. The van der Waals surface area contributed by atoms with Crippen LogP contribution in [-0.4, -0.2) is 16.5 Å². The third-order valence-corrected chi connectivity index (χ3v) is 4.72. The number of nitrogens with zero attached hydrogens (tertiary/aromatic N) is 1. The van der Waals surface area contributed by atoms with Gasteiger partial charge in [-0.2, -0.15) is 0 Å². The molecule has 4 nitrogen and oxygen atoms in total. The maximum Gasteiger partial charge on any atom is 0.268 e. The maximum atomic E-state index is 11.8. The fourth-order valence-electron chi connectivity index (χ4n) is 2.79. The molecule has 1 aliphatic rings. The van der Waals surface area contributed by atoms with Gasteiger partial charge in [-0.3, -0.25) is 4.79 Å². The first-order chi connectivity index (χ1) is 9.33. The van der Waals surface area contributed by atoms with Crippen LogP contribution in [0.4, 0.5) is 0 Å². The molecule has 2 heterocycles. The number of thiophene rings is 1. The van der Waals surface area contributed by atoms with Crippen molar-refractivity contribution in [2.45, 2.75) is 38.6 Å². The van der Waals surface area contributed by atoms with Crippen molar-refractivity contribution in [1.29, 1.82) is 0 Å². The summed E-state index contributed by atoms with van der Waals surface area (Å²) < 4.78 is 0.719. The molecule has 0 atom stereocenters. The van der Waals surface area contributed by atoms with Crippen LogP contribution < -0.4 is 10.9 Å². The largest absolute Gasteiger partial charge is 0.310 e. The molecule has 0 bridgehead atoms. The molecule has 0 spiro atoms. The van der Waals surface area contributed by atoms with Crippen molar-refractivity contribution in [1.82, 2.24) is 15.3 Å². The lowest BCUT2D eigenvalue weighted by molar-refractivity contribution is 0.341. The molecule has 0 amide bonds. The lowest BCUT2D eigenvalue weighted by Crippen LogP contribution is -2.26. The summed E-state index contributed by atoms with van der Waals surface area (Å²) in [7, 11) is 0. The van der Waals surface area contributed by atoms with Crippen molar-refractivity contribution in [3.63, 3.8) is 0 Å². The number of H-pyrrole nitrogens is 1. The molecule has 1 fully saturated rings.